The van der Waals surface area contributed by atoms with E-state index in [2.05, 4.69) is 10.4 Å². The maximum Gasteiger partial charge on any atom is 0.269 e. The van der Waals surface area contributed by atoms with Crippen LogP contribution >= 0.6 is 11.6 Å². The predicted octanol–water partition coefficient (Wildman–Crippen LogP) is 1.47. The van der Waals surface area contributed by atoms with Gasteiger partial charge < -0.3 is 20.7 Å². The van der Waals surface area contributed by atoms with Gasteiger partial charge in [-0.25, -0.2) is 4.39 Å². The van der Waals surface area contributed by atoms with Crippen LogP contribution in [-0.4, -0.2) is 58.2 Å². The van der Waals surface area contributed by atoms with Gasteiger partial charge in [-0.1, -0.05) is 41.9 Å². The largest absolute Gasteiger partial charge is 0.377 e. The van der Waals surface area contributed by atoms with E-state index in [1.807, 2.05) is 0 Å². The normalized spacial score (nSPS) is 13.5. The lowest BCUT2D eigenvalue weighted by Crippen LogP contribution is -2.55. The number of primary amides is 1. The van der Waals surface area contributed by atoms with Gasteiger partial charge in [0.2, 0.25) is 11.8 Å². The van der Waals surface area contributed by atoms with Gasteiger partial charge in [-0.3, -0.25) is 19.1 Å². The molecule has 0 saturated carbocycles. The molecule has 1 aromatic heterocycles. The number of hydrogen-bond donors (Lipinski definition) is 2. The Morgan fingerprint density at radius 2 is 1.97 bits per heavy atom. The van der Waals surface area contributed by atoms with E-state index in [9.17, 15) is 18.8 Å². The molecular weight excluding hydrogens is 453 g/mol. The Balaban J connectivity index is 1.47. The quantitative estimate of drug-likeness (QED) is 0.513. The number of nitrogens with one attached hydrogen (secondary N) is 1. The molecule has 1 aliphatic rings. The van der Waals surface area contributed by atoms with E-state index < -0.39 is 17.6 Å². The smallest absolute Gasteiger partial charge is 0.269 e. The van der Waals surface area contributed by atoms with Crippen molar-refractivity contribution < 1.29 is 23.5 Å². The van der Waals surface area contributed by atoms with E-state index in [-0.39, 0.29) is 47.9 Å². The van der Waals surface area contributed by atoms with Crippen molar-refractivity contribution in [2.45, 2.75) is 19.1 Å². The summed E-state index contributed by atoms with van der Waals surface area (Å²) in [6.45, 7) is 0.0975. The molecule has 2 aromatic carbocycles. The van der Waals surface area contributed by atoms with Crippen LogP contribution in [-0.2, 0) is 27.4 Å². The van der Waals surface area contributed by atoms with Gasteiger partial charge in [0.25, 0.3) is 5.91 Å². The van der Waals surface area contributed by atoms with Crippen molar-refractivity contribution >= 4 is 40.2 Å². The third-order valence-corrected chi connectivity index (χ3v) is 5.67. The Labute approximate surface area is 193 Å². The molecule has 4 rings (SSSR count). The van der Waals surface area contributed by atoms with E-state index in [1.165, 1.54) is 21.7 Å². The number of carbonyl (C=O) groups is 3. The minimum absolute atomic E-state index is 0.0352. The first-order valence-electron chi connectivity index (χ1n) is 10.2. The Morgan fingerprint density at radius 3 is 2.67 bits per heavy atom. The van der Waals surface area contributed by atoms with Gasteiger partial charge in [0.15, 0.2) is 5.69 Å². The van der Waals surface area contributed by atoms with Crippen molar-refractivity contribution in [3.8, 4) is 0 Å². The summed E-state index contributed by atoms with van der Waals surface area (Å²) in [6.07, 6.45) is 0. The minimum atomic E-state index is -0.700. The number of nitrogens with two attached hydrogens (primary N) is 1. The minimum Gasteiger partial charge on any atom is -0.377 e. The van der Waals surface area contributed by atoms with Gasteiger partial charge in [0.1, 0.15) is 18.9 Å². The van der Waals surface area contributed by atoms with Crippen LogP contribution in [0.5, 0.6) is 0 Å². The summed E-state index contributed by atoms with van der Waals surface area (Å²) in [4.78, 5) is 38.8. The number of nitrogens with zero attached hydrogens (tertiary/aromatic N) is 3. The third kappa shape index (κ3) is 4.81. The van der Waals surface area contributed by atoms with E-state index in [4.69, 9.17) is 22.1 Å². The molecule has 11 heteroatoms. The Morgan fingerprint density at radius 1 is 1.21 bits per heavy atom. The van der Waals surface area contributed by atoms with Crippen molar-refractivity contribution in [3.63, 3.8) is 0 Å². The third-order valence-electron chi connectivity index (χ3n) is 5.38. The summed E-state index contributed by atoms with van der Waals surface area (Å²) in [7, 11) is 0. The van der Waals surface area contributed by atoms with Crippen molar-refractivity contribution in [2.75, 3.05) is 19.8 Å². The lowest BCUT2D eigenvalue weighted by Gasteiger charge is -2.36. The molecule has 3 N–H and O–H groups in total. The number of carbonyl (C=O) groups excluding carboxylic acids is 3. The van der Waals surface area contributed by atoms with Gasteiger partial charge in [-0.05, 0) is 12.1 Å². The van der Waals surface area contributed by atoms with Crippen LogP contribution in [0, 0.1) is 5.82 Å². The molecule has 1 saturated heterocycles. The standard InChI is InChI=1S/C22H21ClFN5O4/c23-16-6-3-4-13(20(16)24)8-26-18(30)9-28(14-11-33-12-14)19(31)10-29-17-7-2-1-5-15(17)21(27-29)22(25)32/h1-7,14H,8-12H2,(H2,25,32)(H,26,30). The van der Waals surface area contributed by atoms with Crippen LogP contribution in [0.1, 0.15) is 16.1 Å². The number of halogens is 2. The van der Waals surface area contributed by atoms with Gasteiger partial charge in [0.05, 0.1) is 29.8 Å². The average molecular weight is 474 g/mol. The SMILES string of the molecule is NC(=O)c1nn(CC(=O)N(CC(=O)NCc2cccc(Cl)c2F)C2COC2)c2ccccc12. The number of fused-ring (bicyclic) bond motifs is 1. The van der Waals surface area contributed by atoms with Gasteiger partial charge in [-0.15, -0.1) is 0 Å². The maximum atomic E-state index is 14.1. The van der Waals surface area contributed by atoms with Crippen LogP contribution in [0.15, 0.2) is 42.5 Å². The fraction of sp³-hybridized carbons (Fsp3) is 0.273. The number of ether oxygens (including phenoxy) is 1. The molecule has 172 valence electrons. The highest BCUT2D eigenvalue weighted by molar-refractivity contribution is 6.30. The molecule has 0 aliphatic carbocycles. The number of hydrogen-bond acceptors (Lipinski definition) is 5. The molecule has 0 spiro atoms. The maximum absolute atomic E-state index is 14.1. The lowest BCUT2D eigenvalue weighted by molar-refractivity contribution is -0.149. The highest BCUT2D eigenvalue weighted by Gasteiger charge is 2.32. The number of rotatable bonds is 8. The van der Waals surface area contributed by atoms with E-state index >= 15 is 0 Å². The van der Waals surface area contributed by atoms with Gasteiger partial charge >= 0.3 is 0 Å². The first-order valence-corrected chi connectivity index (χ1v) is 10.5. The molecule has 2 heterocycles. The average Bonchev–Trinajstić information content (AvgIpc) is 3.12. The second-order valence-electron chi connectivity index (χ2n) is 7.59. The molecule has 3 aromatic rings. The first kappa shape index (κ1) is 22.7. The summed E-state index contributed by atoms with van der Waals surface area (Å²) in [6, 6.07) is 11.2. The second-order valence-corrected chi connectivity index (χ2v) is 8.00. The molecule has 33 heavy (non-hydrogen) atoms. The van der Waals surface area contributed by atoms with Crippen molar-refractivity contribution in [2.24, 2.45) is 5.73 Å². The molecule has 1 aliphatic heterocycles. The van der Waals surface area contributed by atoms with Gasteiger partial charge in [-0.2, -0.15) is 5.10 Å². The molecule has 0 atom stereocenters. The molecule has 9 nitrogen and oxygen atoms in total. The molecule has 3 amide bonds. The first-order chi connectivity index (χ1) is 15.8. The number of aromatic nitrogens is 2. The van der Waals surface area contributed by atoms with E-state index in [0.29, 0.717) is 24.1 Å². The fourth-order valence-electron chi connectivity index (χ4n) is 3.56. The Kier molecular flexibility index (Phi) is 6.57. The van der Waals surface area contributed by atoms with Crippen LogP contribution in [0.3, 0.4) is 0 Å². The lowest BCUT2D eigenvalue weighted by atomic mass is 10.2. The van der Waals surface area contributed by atoms with E-state index in [1.54, 1.807) is 30.3 Å². The zero-order chi connectivity index (χ0) is 23.5. The summed E-state index contributed by atoms with van der Waals surface area (Å²) < 4.78 is 20.6. The molecule has 1 fully saturated rings. The zero-order valence-corrected chi connectivity index (χ0v) is 18.2. The Bertz CT molecular complexity index is 1230. The number of para-hydroxylation sites is 1. The summed E-state index contributed by atoms with van der Waals surface area (Å²) in [5.41, 5.74) is 6.30. The highest BCUT2D eigenvalue weighted by atomic mass is 35.5. The summed E-state index contributed by atoms with van der Waals surface area (Å²) in [5, 5.41) is 7.31. The van der Waals surface area contributed by atoms with Crippen LogP contribution in [0.4, 0.5) is 4.39 Å². The van der Waals surface area contributed by atoms with Crippen LogP contribution in [0.2, 0.25) is 5.02 Å². The van der Waals surface area contributed by atoms with Crippen molar-refractivity contribution in [3.05, 3.63) is 64.6 Å². The highest BCUT2D eigenvalue weighted by Crippen LogP contribution is 2.20. The monoisotopic (exact) mass is 473 g/mol. The number of benzene rings is 2. The summed E-state index contributed by atoms with van der Waals surface area (Å²) in [5.74, 6) is -2.14. The van der Waals surface area contributed by atoms with E-state index in [0.717, 1.165) is 0 Å². The van der Waals surface area contributed by atoms with Crippen LogP contribution in [0.25, 0.3) is 10.9 Å². The second kappa shape index (κ2) is 9.55. The Hall–Kier alpha value is -3.50. The number of amides is 3. The summed E-state index contributed by atoms with van der Waals surface area (Å²) >= 11 is 5.77. The predicted molar refractivity (Wildman–Crippen MR) is 118 cm³/mol. The molecule has 0 unspecified atom stereocenters. The molecule has 0 bridgehead atoms. The topological polar surface area (TPSA) is 120 Å². The molecule has 0 radical (unpaired) electrons. The van der Waals surface area contributed by atoms with Crippen molar-refractivity contribution in [1.82, 2.24) is 20.0 Å². The fourth-order valence-corrected chi connectivity index (χ4v) is 3.76. The molecular formula is C22H21ClFN5O4. The van der Waals surface area contributed by atoms with Crippen LogP contribution < -0.4 is 11.1 Å². The van der Waals surface area contributed by atoms with Crippen molar-refractivity contribution in [1.29, 1.82) is 0 Å². The van der Waals surface area contributed by atoms with Gasteiger partial charge in [0, 0.05) is 17.5 Å². The zero-order valence-electron chi connectivity index (χ0n) is 17.5.